The highest BCUT2D eigenvalue weighted by Crippen LogP contribution is 2.36. The van der Waals surface area contributed by atoms with Gasteiger partial charge in [0.25, 0.3) is 5.56 Å². The van der Waals surface area contributed by atoms with Gasteiger partial charge in [-0.25, -0.2) is 4.98 Å². The molecular weight excluding hydrogens is 428 g/mol. The van der Waals surface area contributed by atoms with Crippen molar-refractivity contribution in [3.05, 3.63) is 68.4 Å². The highest BCUT2D eigenvalue weighted by molar-refractivity contribution is 7.98. The molecule has 5 rings (SSSR count). The zero-order chi connectivity index (χ0) is 21.4. The van der Waals surface area contributed by atoms with Gasteiger partial charge in [-0.05, 0) is 36.3 Å². The Morgan fingerprint density at radius 1 is 1.19 bits per heavy atom. The smallest absolute Gasteiger partial charge is 0.263 e. The van der Waals surface area contributed by atoms with Crippen molar-refractivity contribution in [1.82, 2.24) is 19.7 Å². The maximum Gasteiger partial charge on any atom is 0.263 e. The molecule has 3 aromatic heterocycles. The van der Waals surface area contributed by atoms with Crippen LogP contribution in [0.5, 0.6) is 0 Å². The summed E-state index contributed by atoms with van der Waals surface area (Å²) in [5.41, 5.74) is 2.47. The number of hydrogen-bond acceptors (Lipinski definition) is 7. The third-order valence-corrected chi connectivity index (χ3v) is 7.52. The lowest BCUT2D eigenvalue weighted by molar-refractivity contribution is 0.385. The average molecular weight is 453 g/mol. The minimum absolute atomic E-state index is 0.0934. The lowest BCUT2D eigenvalue weighted by Crippen LogP contribution is -2.25. The molecule has 1 aliphatic rings. The Labute approximate surface area is 188 Å². The molecule has 0 unspecified atom stereocenters. The van der Waals surface area contributed by atoms with Gasteiger partial charge >= 0.3 is 0 Å². The Kier molecular flexibility index (Phi) is 5.67. The number of nitrogens with zero attached hydrogens (tertiary/aromatic N) is 4. The summed E-state index contributed by atoms with van der Waals surface area (Å²) in [6.45, 7) is 4.89. The summed E-state index contributed by atoms with van der Waals surface area (Å²) in [7, 11) is 0. The number of thioether (sulfide) groups is 1. The van der Waals surface area contributed by atoms with E-state index >= 15 is 0 Å². The minimum atomic E-state index is 0.0934. The fraction of sp³-hybridized carbons (Fsp3) is 0.391. The van der Waals surface area contributed by atoms with E-state index in [0.29, 0.717) is 36.4 Å². The van der Waals surface area contributed by atoms with Crippen molar-refractivity contribution in [2.75, 3.05) is 0 Å². The molecule has 0 atom stereocenters. The lowest BCUT2D eigenvalue weighted by atomic mass is 10.1. The zero-order valence-corrected chi connectivity index (χ0v) is 19.3. The van der Waals surface area contributed by atoms with Gasteiger partial charge in [-0.3, -0.25) is 9.36 Å². The van der Waals surface area contributed by atoms with E-state index in [1.807, 2.05) is 34.9 Å². The zero-order valence-electron chi connectivity index (χ0n) is 17.6. The number of rotatable bonds is 7. The van der Waals surface area contributed by atoms with Gasteiger partial charge < -0.3 is 4.52 Å². The van der Waals surface area contributed by atoms with Crippen LogP contribution in [0.3, 0.4) is 0 Å². The van der Waals surface area contributed by atoms with E-state index in [9.17, 15) is 4.79 Å². The molecular formula is C23H24N4O2S2. The molecule has 4 aromatic rings. The van der Waals surface area contributed by atoms with Crippen LogP contribution in [0.15, 0.2) is 44.8 Å². The van der Waals surface area contributed by atoms with Gasteiger partial charge in [-0.2, -0.15) is 4.98 Å². The Morgan fingerprint density at radius 2 is 2.03 bits per heavy atom. The first-order valence-electron chi connectivity index (χ1n) is 10.6. The van der Waals surface area contributed by atoms with Crippen molar-refractivity contribution in [2.24, 2.45) is 5.92 Å². The Hall–Kier alpha value is -2.45. The fourth-order valence-corrected chi connectivity index (χ4v) is 6.17. The van der Waals surface area contributed by atoms with Gasteiger partial charge in [0.05, 0.1) is 11.1 Å². The van der Waals surface area contributed by atoms with Crippen LogP contribution in [0.25, 0.3) is 10.2 Å². The Bertz CT molecular complexity index is 1270. The van der Waals surface area contributed by atoms with E-state index < -0.39 is 0 Å². The molecule has 0 bridgehead atoms. The van der Waals surface area contributed by atoms with Crippen LogP contribution in [-0.4, -0.2) is 19.7 Å². The van der Waals surface area contributed by atoms with E-state index in [-0.39, 0.29) is 5.56 Å². The van der Waals surface area contributed by atoms with Crippen molar-refractivity contribution in [1.29, 1.82) is 0 Å². The number of hydrogen-bond donors (Lipinski definition) is 0. The van der Waals surface area contributed by atoms with Crippen LogP contribution >= 0.6 is 23.1 Å². The summed E-state index contributed by atoms with van der Waals surface area (Å²) in [5.74, 6) is 2.06. The molecule has 1 aromatic carbocycles. The van der Waals surface area contributed by atoms with Crippen molar-refractivity contribution in [3.8, 4) is 0 Å². The second-order valence-corrected chi connectivity index (χ2v) is 10.3. The summed E-state index contributed by atoms with van der Waals surface area (Å²) >= 11 is 3.17. The summed E-state index contributed by atoms with van der Waals surface area (Å²) < 4.78 is 7.29. The van der Waals surface area contributed by atoms with Crippen LogP contribution in [0.2, 0.25) is 0 Å². The lowest BCUT2D eigenvalue weighted by Gasteiger charge is -2.13. The predicted molar refractivity (Wildman–Crippen MR) is 124 cm³/mol. The van der Waals surface area contributed by atoms with E-state index in [4.69, 9.17) is 9.51 Å². The van der Waals surface area contributed by atoms with Gasteiger partial charge in [-0.15, -0.1) is 11.3 Å². The van der Waals surface area contributed by atoms with Crippen LogP contribution in [0.1, 0.15) is 48.0 Å². The fourth-order valence-electron chi connectivity index (χ4n) is 4.02. The number of benzene rings is 1. The topological polar surface area (TPSA) is 73.8 Å². The highest BCUT2D eigenvalue weighted by atomic mass is 32.2. The summed E-state index contributed by atoms with van der Waals surface area (Å²) in [4.78, 5) is 25.0. The van der Waals surface area contributed by atoms with Crippen LogP contribution < -0.4 is 5.56 Å². The Morgan fingerprint density at radius 3 is 2.84 bits per heavy atom. The van der Waals surface area contributed by atoms with E-state index in [1.54, 1.807) is 11.3 Å². The normalized spacial score (nSPS) is 13.4. The van der Waals surface area contributed by atoms with Crippen molar-refractivity contribution >= 4 is 33.3 Å². The van der Waals surface area contributed by atoms with Crippen molar-refractivity contribution < 1.29 is 4.52 Å². The molecule has 6 nitrogen and oxygen atoms in total. The third kappa shape index (κ3) is 4.19. The second-order valence-electron chi connectivity index (χ2n) is 8.30. The molecule has 0 fully saturated rings. The van der Waals surface area contributed by atoms with Crippen LogP contribution in [0.4, 0.5) is 0 Å². The van der Waals surface area contributed by atoms with E-state index in [0.717, 1.165) is 40.2 Å². The highest BCUT2D eigenvalue weighted by Gasteiger charge is 2.24. The molecule has 0 radical (unpaired) electrons. The van der Waals surface area contributed by atoms with Crippen molar-refractivity contribution in [3.63, 3.8) is 0 Å². The molecule has 160 valence electrons. The van der Waals surface area contributed by atoms with Crippen LogP contribution in [0, 0.1) is 5.92 Å². The average Bonchev–Trinajstić information content (AvgIpc) is 3.45. The van der Waals surface area contributed by atoms with Gasteiger partial charge in [-0.1, -0.05) is 61.1 Å². The summed E-state index contributed by atoms with van der Waals surface area (Å²) in [5, 5.41) is 5.68. The molecule has 1 aliphatic carbocycles. The molecule has 0 saturated carbocycles. The van der Waals surface area contributed by atoms with Gasteiger partial charge in [0.15, 0.2) is 11.0 Å². The van der Waals surface area contributed by atoms with Crippen LogP contribution in [-0.2, 0) is 31.6 Å². The molecule has 0 aliphatic heterocycles. The number of aromatic nitrogens is 4. The van der Waals surface area contributed by atoms with Gasteiger partial charge in [0.2, 0.25) is 5.89 Å². The number of aryl methyl sites for hydroxylation is 2. The van der Waals surface area contributed by atoms with Gasteiger partial charge in [0, 0.05) is 17.8 Å². The molecule has 31 heavy (non-hydrogen) atoms. The summed E-state index contributed by atoms with van der Waals surface area (Å²) in [6.07, 6.45) is 3.83. The first-order valence-corrected chi connectivity index (χ1v) is 12.4. The molecule has 0 amide bonds. The molecule has 8 heteroatoms. The number of thiophene rings is 1. The maximum absolute atomic E-state index is 13.4. The predicted octanol–water partition coefficient (Wildman–Crippen LogP) is 4.87. The van der Waals surface area contributed by atoms with E-state index in [1.165, 1.54) is 22.2 Å². The Balaban J connectivity index is 1.40. The molecule has 3 heterocycles. The first-order chi connectivity index (χ1) is 15.1. The standard InChI is InChI=1S/C23H24N4O2S2/c1-14(2)12-27-22(28)20-16-9-6-10-17(16)31-21(20)25-23(27)30-13-19-24-18(26-29-19)11-15-7-4-3-5-8-15/h3-5,7-8,14H,6,9-13H2,1-2H3. The molecule has 0 spiro atoms. The second kappa shape index (κ2) is 8.59. The quantitative estimate of drug-likeness (QED) is 0.294. The van der Waals surface area contributed by atoms with Gasteiger partial charge in [0.1, 0.15) is 4.83 Å². The minimum Gasteiger partial charge on any atom is -0.338 e. The number of fused-ring (bicyclic) bond motifs is 3. The maximum atomic E-state index is 13.4. The summed E-state index contributed by atoms with van der Waals surface area (Å²) in [6, 6.07) is 10.1. The SMILES string of the molecule is CC(C)Cn1c(SCc2nc(Cc3ccccc3)no2)nc2sc3c(c2c1=O)CCC3. The first kappa shape index (κ1) is 20.5. The van der Waals surface area contributed by atoms with Crippen molar-refractivity contribution in [2.45, 2.75) is 57.0 Å². The monoisotopic (exact) mass is 452 g/mol. The van der Waals surface area contributed by atoms with E-state index in [2.05, 4.69) is 24.0 Å². The molecule has 0 saturated heterocycles. The molecule has 0 N–H and O–H groups in total. The largest absolute Gasteiger partial charge is 0.338 e. The third-order valence-electron chi connectivity index (χ3n) is 5.38.